The van der Waals surface area contributed by atoms with Crippen LogP contribution in [-0.4, -0.2) is 37.4 Å². The largest absolute Gasteiger partial charge is 0.508 e. The van der Waals surface area contributed by atoms with E-state index >= 15 is 0 Å². The second kappa shape index (κ2) is 8.10. The highest BCUT2D eigenvalue weighted by Gasteiger charge is 2.50. The first kappa shape index (κ1) is 20.4. The number of phenols is 2. The summed E-state index contributed by atoms with van der Waals surface area (Å²) in [5.41, 5.74) is 2.26. The second-order valence-corrected chi connectivity index (χ2v) is 7.20. The molecule has 2 N–H and O–H groups in total. The Balaban J connectivity index is 1.85. The number of carbonyl (C=O) groups is 1. The van der Waals surface area contributed by atoms with E-state index in [9.17, 15) is 15.0 Å². The number of benzene rings is 3. The predicted molar refractivity (Wildman–Crippen MR) is 115 cm³/mol. The number of β-lactam (4-membered cyclic amide) rings is 1. The third kappa shape index (κ3) is 3.48. The Kier molecular flexibility index (Phi) is 5.33. The molecule has 3 aromatic carbocycles. The van der Waals surface area contributed by atoms with Crippen molar-refractivity contribution in [2.75, 3.05) is 26.2 Å². The van der Waals surface area contributed by atoms with Crippen LogP contribution in [0.5, 0.6) is 28.7 Å². The van der Waals surface area contributed by atoms with Crippen molar-refractivity contribution < 1.29 is 29.2 Å². The van der Waals surface area contributed by atoms with E-state index in [1.54, 1.807) is 67.7 Å². The average Bonchev–Trinajstić information content (AvgIpc) is 2.79. The minimum atomic E-state index is -0.461. The first-order chi connectivity index (χ1) is 15.0. The number of methoxy groups -OCH3 is 3. The maximum absolute atomic E-state index is 13.3. The minimum Gasteiger partial charge on any atom is -0.508 e. The second-order valence-electron chi connectivity index (χ2n) is 7.20. The number of phenolic OH excluding ortho intramolecular Hbond substituents is 2. The molecule has 0 saturated carbocycles. The highest BCUT2D eigenvalue weighted by Crippen LogP contribution is 2.52. The number of carbonyl (C=O) groups excluding carboxylic acids is 1. The molecule has 7 nitrogen and oxygen atoms in total. The van der Waals surface area contributed by atoms with E-state index in [0.717, 1.165) is 11.1 Å². The van der Waals surface area contributed by atoms with Crippen molar-refractivity contribution >= 4 is 11.6 Å². The van der Waals surface area contributed by atoms with E-state index in [-0.39, 0.29) is 23.4 Å². The zero-order valence-electron chi connectivity index (χ0n) is 17.4. The zero-order chi connectivity index (χ0) is 22.1. The first-order valence-electron chi connectivity index (χ1n) is 9.69. The number of hydrogen-bond donors (Lipinski definition) is 2. The summed E-state index contributed by atoms with van der Waals surface area (Å²) in [6.07, 6.45) is 0. The number of aromatic hydroxyl groups is 2. The lowest BCUT2D eigenvalue weighted by Crippen LogP contribution is -2.53. The molecule has 3 aromatic rings. The van der Waals surface area contributed by atoms with Crippen LogP contribution in [0.3, 0.4) is 0 Å². The van der Waals surface area contributed by atoms with Gasteiger partial charge in [0.2, 0.25) is 11.7 Å². The lowest BCUT2D eigenvalue weighted by molar-refractivity contribution is -0.126. The third-order valence-corrected chi connectivity index (χ3v) is 5.51. The van der Waals surface area contributed by atoms with Gasteiger partial charge in [-0.1, -0.05) is 12.1 Å². The molecule has 4 rings (SSSR count). The maximum Gasteiger partial charge on any atom is 0.237 e. The summed E-state index contributed by atoms with van der Waals surface area (Å²) < 4.78 is 16.4. The van der Waals surface area contributed by atoms with E-state index in [0.29, 0.717) is 22.9 Å². The summed E-state index contributed by atoms with van der Waals surface area (Å²) >= 11 is 0. The molecular weight excluding hydrogens is 398 g/mol. The highest BCUT2D eigenvalue weighted by molar-refractivity contribution is 6.06. The van der Waals surface area contributed by atoms with Crippen molar-refractivity contribution in [1.82, 2.24) is 0 Å². The van der Waals surface area contributed by atoms with Crippen molar-refractivity contribution in [3.8, 4) is 28.7 Å². The first-order valence-corrected chi connectivity index (χ1v) is 9.69. The van der Waals surface area contributed by atoms with Gasteiger partial charge in [-0.2, -0.15) is 0 Å². The Hall–Kier alpha value is -3.87. The Morgan fingerprint density at radius 3 is 1.74 bits per heavy atom. The van der Waals surface area contributed by atoms with Crippen LogP contribution < -0.4 is 19.1 Å². The molecule has 31 heavy (non-hydrogen) atoms. The third-order valence-electron chi connectivity index (χ3n) is 5.51. The Bertz CT molecular complexity index is 1010. The maximum atomic E-state index is 13.3. The van der Waals surface area contributed by atoms with Gasteiger partial charge >= 0.3 is 0 Å². The van der Waals surface area contributed by atoms with Gasteiger partial charge < -0.3 is 29.3 Å². The van der Waals surface area contributed by atoms with Crippen molar-refractivity contribution in [3.05, 3.63) is 71.8 Å². The molecule has 1 aliphatic rings. The van der Waals surface area contributed by atoms with Crippen LogP contribution in [-0.2, 0) is 4.79 Å². The molecule has 0 unspecified atom stereocenters. The van der Waals surface area contributed by atoms with Gasteiger partial charge in [0.25, 0.3) is 0 Å². The predicted octanol–water partition coefficient (Wildman–Crippen LogP) is 4.00. The van der Waals surface area contributed by atoms with E-state index < -0.39 is 5.92 Å². The van der Waals surface area contributed by atoms with Gasteiger partial charge in [-0.25, -0.2) is 0 Å². The average molecular weight is 421 g/mol. The van der Waals surface area contributed by atoms with E-state index in [1.165, 1.54) is 7.11 Å². The van der Waals surface area contributed by atoms with E-state index in [4.69, 9.17) is 14.2 Å². The number of anilines is 1. The Morgan fingerprint density at radius 2 is 1.26 bits per heavy atom. The molecule has 0 aromatic heterocycles. The molecule has 1 fully saturated rings. The fourth-order valence-electron chi connectivity index (χ4n) is 4.01. The number of amides is 1. The highest BCUT2D eigenvalue weighted by atomic mass is 16.5. The number of hydrogen-bond acceptors (Lipinski definition) is 6. The van der Waals surface area contributed by atoms with Crippen molar-refractivity contribution in [2.24, 2.45) is 0 Å². The fourth-order valence-corrected chi connectivity index (χ4v) is 4.01. The molecule has 7 heteroatoms. The molecular formula is C24H23NO6. The number of nitrogens with zero attached hydrogens (tertiary/aromatic N) is 1. The van der Waals surface area contributed by atoms with Crippen LogP contribution in [0.1, 0.15) is 23.1 Å². The monoisotopic (exact) mass is 421 g/mol. The van der Waals surface area contributed by atoms with Crippen LogP contribution in [0.25, 0.3) is 0 Å². The summed E-state index contributed by atoms with van der Waals surface area (Å²) in [6.45, 7) is 0. The van der Waals surface area contributed by atoms with Gasteiger partial charge in [0.15, 0.2) is 11.5 Å². The van der Waals surface area contributed by atoms with Crippen molar-refractivity contribution in [2.45, 2.75) is 12.0 Å². The van der Waals surface area contributed by atoms with Crippen molar-refractivity contribution in [1.29, 1.82) is 0 Å². The summed E-state index contributed by atoms with van der Waals surface area (Å²) in [6, 6.07) is 16.4. The smallest absolute Gasteiger partial charge is 0.237 e. The lowest BCUT2D eigenvalue weighted by atomic mass is 9.77. The molecule has 0 aliphatic carbocycles. The lowest BCUT2D eigenvalue weighted by Gasteiger charge is -2.48. The number of ether oxygens (including phenoxy) is 3. The zero-order valence-corrected chi connectivity index (χ0v) is 17.4. The number of rotatable bonds is 6. The van der Waals surface area contributed by atoms with E-state index in [2.05, 4.69) is 0 Å². The molecule has 1 aliphatic heterocycles. The molecule has 0 spiro atoms. The minimum absolute atomic E-state index is 0.0878. The van der Waals surface area contributed by atoms with Crippen molar-refractivity contribution in [3.63, 3.8) is 0 Å². The Labute approximate surface area is 180 Å². The normalized spacial score (nSPS) is 17.8. The van der Waals surface area contributed by atoms with Crippen LogP contribution in [0.2, 0.25) is 0 Å². The molecule has 1 saturated heterocycles. The quantitative estimate of drug-likeness (QED) is 0.585. The Morgan fingerprint density at radius 1 is 0.742 bits per heavy atom. The van der Waals surface area contributed by atoms with Gasteiger partial charge in [-0.3, -0.25) is 4.79 Å². The molecule has 1 amide bonds. The molecule has 1 heterocycles. The van der Waals surface area contributed by atoms with Gasteiger partial charge in [0.05, 0.1) is 33.3 Å². The molecule has 0 bridgehead atoms. The summed E-state index contributed by atoms with van der Waals surface area (Å²) in [4.78, 5) is 14.9. The molecule has 160 valence electrons. The van der Waals surface area contributed by atoms with Gasteiger partial charge in [-0.05, 0) is 59.7 Å². The molecule has 2 atom stereocenters. The topological polar surface area (TPSA) is 88.5 Å². The summed E-state index contributed by atoms with van der Waals surface area (Å²) in [5, 5.41) is 19.3. The van der Waals surface area contributed by atoms with Gasteiger partial charge in [0, 0.05) is 5.69 Å². The fraction of sp³-hybridized carbons (Fsp3) is 0.208. The SMILES string of the molecule is COc1cc([C@H]2[C@H](c3ccc(O)cc3)C(=O)N2c2ccc(O)cc2)cc(OC)c1OC. The van der Waals surface area contributed by atoms with Gasteiger partial charge in [0.1, 0.15) is 11.5 Å². The van der Waals surface area contributed by atoms with Crippen LogP contribution >= 0.6 is 0 Å². The van der Waals surface area contributed by atoms with Gasteiger partial charge in [-0.15, -0.1) is 0 Å². The van der Waals surface area contributed by atoms with E-state index in [1.807, 2.05) is 12.1 Å². The van der Waals surface area contributed by atoms with Crippen LogP contribution in [0.15, 0.2) is 60.7 Å². The van der Waals surface area contributed by atoms with Crippen LogP contribution in [0.4, 0.5) is 5.69 Å². The molecule has 0 radical (unpaired) electrons. The standard InChI is InChI=1S/C24H23NO6/c1-29-19-12-15(13-20(30-2)23(19)31-3)22-21(14-4-8-17(26)9-5-14)24(28)25(22)16-6-10-18(27)11-7-16/h4-13,21-22,26-27H,1-3H3/t21-,22-/m0/s1. The summed E-state index contributed by atoms with van der Waals surface area (Å²) in [7, 11) is 4.62. The summed E-state index contributed by atoms with van der Waals surface area (Å²) in [5.74, 6) is 1.16. The van der Waals surface area contributed by atoms with Crippen LogP contribution in [0, 0.1) is 0 Å².